The first kappa shape index (κ1) is 28.7. The number of esters is 1. The third kappa shape index (κ3) is 17.3. The Balaban J connectivity index is 1.73. The summed E-state index contributed by atoms with van der Waals surface area (Å²) in [5, 5.41) is 0. The van der Waals surface area contributed by atoms with E-state index in [0.717, 1.165) is 12.0 Å². The third-order valence-corrected chi connectivity index (χ3v) is 6.52. The molecule has 0 aromatic heterocycles. The minimum absolute atomic E-state index is 0.192. The third-order valence-electron chi connectivity index (χ3n) is 6.52. The second-order valence-corrected chi connectivity index (χ2v) is 9.72. The molecule has 0 aliphatic carbocycles. The lowest BCUT2D eigenvalue weighted by atomic mass is 10.0. The molecule has 0 fully saturated rings. The lowest BCUT2D eigenvalue weighted by Crippen LogP contribution is -2.06. The highest BCUT2D eigenvalue weighted by molar-refractivity contribution is 5.89. The van der Waals surface area contributed by atoms with Gasteiger partial charge in [0.25, 0.3) is 0 Å². The fourth-order valence-corrected chi connectivity index (χ4v) is 4.30. The smallest absolute Gasteiger partial charge is 0.338 e. The van der Waals surface area contributed by atoms with Crippen LogP contribution >= 0.6 is 0 Å². The van der Waals surface area contributed by atoms with Crippen LogP contribution in [0.5, 0.6) is 0 Å². The Kier molecular flexibility index (Phi) is 19.3. The van der Waals surface area contributed by atoms with Crippen molar-refractivity contribution in [1.82, 2.24) is 0 Å². The van der Waals surface area contributed by atoms with Crippen molar-refractivity contribution >= 4 is 5.97 Å². The fourth-order valence-electron chi connectivity index (χ4n) is 4.30. The summed E-state index contributed by atoms with van der Waals surface area (Å²) in [6.45, 7) is 4.86. The maximum atomic E-state index is 11.9. The minimum Gasteiger partial charge on any atom is -0.462 e. The van der Waals surface area contributed by atoms with Crippen molar-refractivity contribution in [3.63, 3.8) is 0 Å². The monoisotopic (exact) mass is 444 g/mol. The summed E-state index contributed by atoms with van der Waals surface area (Å²) in [6, 6.07) is 7.59. The van der Waals surface area contributed by atoms with Crippen LogP contribution in [0.3, 0.4) is 0 Å². The van der Waals surface area contributed by atoms with Crippen molar-refractivity contribution in [2.45, 2.75) is 142 Å². The summed E-state index contributed by atoms with van der Waals surface area (Å²) in [6.07, 6.45) is 27.6. The van der Waals surface area contributed by atoms with Crippen LogP contribution in [0.1, 0.15) is 151 Å². The normalized spacial score (nSPS) is 11.1. The van der Waals surface area contributed by atoms with E-state index in [1.807, 2.05) is 31.2 Å². The van der Waals surface area contributed by atoms with Gasteiger partial charge in [-0.05, 0) is 25.5 Å². The van der Waals surface area contributed by atoms with Crippen molar-refractivity contribution in [3.8, 4) is 0 Å². The molecule has 0 spiro atoms. The number of benzene rings is 1. The zero-order valence-corrected chi connectivity index (χ0v) is 21.5. The Morgan fingerprint density at radius 1 is 0.562 bits per heavy atom. The second kappa shape index (κ2) is 21.5. The molecule has 0 bridgehead atoms. The molecule has 0 unspecified atom stereocenters. The van der Waals surface area contributed by atoms with Crippen molar-refractivity contribution in [2.24, 2.45) is 0 Å². The fraction of sp³-hybridized carbons (Fsp3) is 0.767. The van der Waals surface area contributed by atoms with E-state index < -0.39 is 0 Å². The summed E-state index contributed by atoms with van der Waals surface area (Å²) >= 11 is 0. The average molecular weight is 445 g/mol. The predicted molar refractivity (Wildman–Crippen MR) is 139 cm³/mol. The Labute approximate surface area is 199 Å². The number of carbonyl (C=O) groups is 1. The Morgan fingerprint density at radius 2 is 0.906 bits per heavy atom. The van der Waals surface area contributed by atoms with Crippen molar-refractivity contribution in [2.75, 3.05) is 6.61 Å². The number of hydrogen-bond donors (Lipinski definition) is 0. The largest absolute Gasteiger partial charge is 0.462 e. The molecule has 0 aliphatic rings. The molecule has 0 N–H and O–H groups in total. The molecule has 184 valence electrons. The summed E-state index contributed by atoms with van der Waals surface area (Å²) in [7, 11) is 0. The number of unbranched alkanes of at least 4 members (excludes halogenated alkanes) is 19. The number of rotatable bonds is 22. The van der Waals surface area contributed by atoms with Gasteiger partial charge in [0.2, 0.25) is 0 Å². The molecule has 0 atom stereocenters. The maximum Gasteiger partial charge on any atom is 0.338 e. The molecule has 0 saturated heterocycles. The molecule has 0 saturated carbocycles. The molecule has 0 heterocycles. The summed E-state index contributed by atoms with van der Waals surface area (Å²) < 4.78 is 5.37. The van der Waals surface area contributed by atoms with E-state index in [-0.39, 0.29) is 5.97 Å². The summed E-state index contributed by atoms with van der Waals surface area (Å²) in [5.74, 6) is -0.192. The highest BCUT2D eigenvalue weighted by atomic mass is 16.5. The van der Waals surface area contributed by atoms with Crippen LogP contribution in [-0.2, 0) is 4.74 Å². The van der Waals surface area contributed by atoms with Crippen LogP contribution in [0.25, 0.3) is 0 Å². The van der Waals surface area contributed by atoms with Gasteiger partial charge in [-0.2, -0.15) is 0 Å². The molecule has 0 aliphatic heterocycles. The minimum atomic E-state index is -0.192. The van der Waals surface area contributed by atoms with Gasteiger partial charge < -0.3 is 4.74 Å². The van der Waals surface area contributed by atoms with Crippen LogP contribution in [-0.4, -0.2) is 12.6 Å². The van der Waals surface area contributed by atoms with Crippen LogP contribution in [0.4, 0.5) is 0 Å². The van der Waals surface area contributed by atoms with Gasteiger partial charge in [0, 0.05) is 0 Å². The molecular weight excluding hydrogens is 392 g/mol. The zero-order chi connectivity index (χ0) is 23.1. The molecule has 1 aromatic rings. The number of hydrogen-bond acceptors (Lipinski definition) is 2. The van der Waals surface area contributed by atoms with Gasteiger partial charge in [0.1, 0.15) is 0 Å². The molecule has 1 aromatic carbocycles. The van der Waals surface area contributed by atoms with Gasteiger partial charge >= 0.3 is 5.97 Å². The first-order valence-corrected chi connectivity index (χ1v) is 14.0. The van der Waals surface area contributed by atoms with E-state index in [9.17, 15) is 4.79 Å². The first-order valence-electron chi connectivity index (χ1n) is 14.0. The van der Waals surface area contributed by atoms with Crippen LogP contribution in [0.15, 0.2) is 24.3 Å². The Bertz CT molecular complexity index is 534. The van der Waals surface area contributed by atoms with Gasteiger partial charge in [-0.15, -0.1) is 0 Å². The maximum absolute atomic E-state index is 11.9. The van der Waals surface area contributed by atoms with Gasteiger partial charge in [0.05, 0.1) is 12.2 Å². The van der Waals surface area contributed by atoms with Crippen molar-refractivity contribution in [3.05, 3.63) is 35.4 Å². The van der Waals surface area contributed by atoms with Crippen molar-refractivity contribution in [1.29, 1.82) is 0 Å². The van der Waals surface area contributed by atoms with E-state index in [2.05, 4.69) is 6.92 Å². The molecular formula is C30H52O2. The topological polar surface area (TPSA) is 26.3 Å². The van der Waals surface area contributed by atoms with Crippen LogP contribution in [0.2, 0.25) is 0 Å². The highest BCUT2D eigenvalue weighted by Crippen LogP contribution is 2.15. The quantitative estimate of drug-likeness (QED) is 0.131. The zero-order valence-electron chi connectivity index (χ0n) is 21.5. The lowest BCUT2D eigenvalue weighted by Gasteiger charge is -2.06. The number of carbonyl (C=O) groups excluding carboxylic acids is 1. The van der Waals surface area contributed by atoms with Gasteiger partial charge in [-0.25, -0.2) is 4.79 Å². The molecule has 2 heteroatoms. The highest BCUT2D eigenvalue weighted by Gasteiger charge is 2.05. The molecule has 1 rings (SSSR count). The van der Waals surface area contributed by atoms with Gasteiger partial charge in [-0.1, -0.05) is 147 Å². The second-order valence-electron chi connectivity index (χ2n) is 9.72. The molecule has 0 radical (unpaired) electrons. The molecule has 2 nitrogen and oxygen atoms in total. The van der Waals surface area contributed by atoms with E-state index >= 15 is 0 Å². The SMILES string of the molecule is CCCCCCCCCCCCCCCCCCCCCCOC(=O)c1ccc(C)cc1. The average Bonchev–Trinajstić information content (AvgIpc) is 2.80. The van der Waals surface area contributed by atoms with Gasteiger partial charge in [-0.3, -0.25) is 0 Å². The predicted octanol–water partition coefficient (Wildman–Crippen LogP) is 9.97. The van der Waals surface area contributed by atoms with E-state index in [0.29, 0.717) is 12.2 Å². The summed E-state index contributed by atoms with van der Waals surface area (Å²) in [4.78, 5) is 11.9. The Hall–Kier alpha value is -1.31. The van der Waals surface area contributed by atoms with Crippen LogP contribution in [0, 0.1) is 6.92 Å². The summed E-state index contributed by atoms with van der Waals surface area (Å²) in [5.41, 5.74) is 1.82. The molecule has 0 amide bonds. The first-order chi connectivity index (χ1) is 15.7. The van der Waals surface area contributed by atoms with E-state index in [1.165, 1.54) is 122 Å². The molecule has 32 heavy (non-hydrogen) atoms. The van der Waals surface area contributed by atoms with Crippen LogP contribution < -0.4 is 0 Å². The number of aryl methyl sites for hydroxylation is 1. The van der Waals surface area contributed by atoms with Crippen molar-refractivity contribution < 1.29 is 9.53 Å². The van der Waals surface area contributed by atoms with Gasteiger partial charge in [0.15, 0.2) is 0 Å². The lowest BCUT2D eigenvalue weighted by molar-refractivity contribution is 0.0497. The Morgan fingerprint density at radius 3 is 1.28 bits per heavy atom. The van der Waals surface area contributed by atoms with E-state index in [4.69, 9.17) is 4.74 Å². The standard InChI is InChI=1S/C30H52O2/c1-3-4-5-6-7-8-9-10-11-12-13-14-15-16-17-18-19-20-21-22-27-32-30(31)29-25-23-28(2)24-26-29/h23-26H,3-22,27H2,1-2H3. The number of ether oxygens (including phenoxy) is 1. The van der Waals surface area contributed by atoms with E-state index in [1.54, 1.807) is 0 Å².